The molecule has 152 valence electrons. The van der Waals surface area contributed by atoms with Crippen LogP contribution in [0.3, 0.4) is 0 Å². The minimum Gasteiger partial charge on any atom is -0.355 e. The van der Waals surface area contributed by atoms with Crippen molar-refractivity contribution in [3.05, 3.63) is 41.7 Å². The molecule has 2 aromatic rings. The molecule has 1 aliphatic carbocycles. The van der Waals surface area contributed by atoms with E-state index in [-0.39, 0.29) is 5.91 Å². The number of benzene rings is 1. The molecule has 0 spiro atoms. The molecule has 1 N–H and O–H groups in total. The van der Waals surface area contributed by atoms with Crippen molar-refractivity contribution in [1.29, 1.82) is 0 Å². The van der Waals surface area contributed by atoms with Gasteiger partial charge in [-0.3, -0.25) is 9.69 Å². The number of nitrogens with one attached hydrogen (secondary N) is 1. The number of likely N-dealkylation sites (N-methyl/N-ethyl adjacent to an activating group) is 1. The first kappa shape index (κ1) is 20.9. The Kier molecular flexibility index (Phi) is 7.91. The van der Waals surface area contributed by atoms with Crippen molar-refractivity contribution in [2.45, 2.75) is 56.3 Å². The van der Waals surface area contributed by atoms with Gasteiger partial charge < -0.3 is 9.88 Å². The van der Waals surface area contributed by atoms with Crippen LogP contribution in [0.15, 0.2) is 35.5 Å². The lowest BCUT2D eigenvalue weighted by atomic mass is 10.2. The molecule has 1 fully saturated rings. The van der Waals surface area contributed by atoms with Crippen LogP contribution in [-0.4, -0.2) is 52.0 Å². The van der Waals surface area contributed by atoms with Gasteiger partial charge in [0.05, 0.1) is 6.54 Å². The van der Waals surface area contributed by atoms with Crippen LogP contribution in [0.4, 0.5) is 0 Å². The van der Waals surface area contributed by atoms with E-state index in [4.69, 9.17) is 0 Å². The summed E-state index contributed by atoms with van der Waals surface area (Å²) in [7, 11) is 1.97. The third-order valence-corrected chi connectivity index (χ3v) is 5.86. The number of hydrogen-bond acceptors (Lipinski definition) is 5. The molecule has 7 heteroatoms. The number of aromatic nitrogens is 3. The first-order valence-corrected chi connectivity index (χ1v) is 11.4. The van der Waals surface area contributed by atoms with Gasteiger partial charge in [0.1, 0.15) is 5.82 Å². The van der Waals surface area contributed by atoms with Gasteiger partial charge in [-0.1, -0.05) is 54.9 Å². The Labute approximate surface area is 172 Å². The van der Waals surface area contributed by atoms with Gasteiger partial charge in [0, 0.05) is 25.6 Å². The maximum absolute atomic E-state index is 12.2. The highest BCUT2D eigenvalue weighted by atomic mass is 32.2. The number of nitrogens with zero attached hydrogens (tertiary/aromatic N) is 4. The smallest absolute Gasteiger partial charge is 0.234 e. The van der Waals surface area contributed by atoms with Crippen molar-refractivity contribution in [3.63, 3.8) is 0 Å². The Balaban J connectivity index is 1.41. The molecule has 0 radical (unpaired) electrons. The van der Waals surface area contributed by atoms with Crippen LogP contribution in [0.25, 0.3) is 0 Å². The Morgan fingerprint density at radius 1 is 1.25 bits per heavy atom. The van der Waals surface area contributed by atoms with E-state index in [1.807, 2.05) is 30.1 Å². The summed E-state index contributed by atoms with van der Waals surface area (Å²) >= 11 is 1.67. The minimum atomic E-state index is 0.0699. The molecular formula is C21H31N5OS. The molecule has 1 saturated carbocycles. The van der Waals surface area contributed by atoms with E-state index < -0.39 is 0 Å². The van der Waals surface area contributed by atoms with E-state index in [2.05, 4.69) is 38.5 Å². The summed E-state index contributed by atoms with van der Waals surface area (Å²) in [6, 6.07) is 10.8. The molecule has 0 aliphatic heterocycles. The Bertz CT molecular complexity index is 743. The quantitative estimate of drug-likeness (QED) is 0.489. The fourth-order valence-electron chi connectivity index (χ4n) is 3.87. The average Bonchev–Trinajstić information content (AvgIpc) is 3.35. The van der Waals surface area contributed by atoms with Crippen LogP contribution in [0.1, 0.15) is 49.5 Å². The third-order valence-electron chi connectivity index (χ3n) is 5.22. The van der Waals surface area contributed by atoms with Gasteiger partial charge in [0.2, 0.25) is 5.91 Å². The lowest BCUT2D eigenvalue weighted by molar-refractivity contribution is -0.122. The zero-order valence-electron chi connectivity index (χ0n) is 16.9. The average molecular weight is 402 g/mol. The molecule has 1 aliphatic rings. The van der Waals surface area contributed by atoms with Crippen LogP contribution in [0, 0.1) is 0 Å². The van der Waals surface area contributed by atoms with Gasteiger partial charge in [-0.2, -0.15) is 0 Å². The number of carbonyl (C=O) groups excluding carboxylic acids is 1. The number of thioether (sulfide) groups is 1. The SMILES string of the molecule is CSc1nnc(CCCNC(=O)CN(C)Cc2ccccc2)n1C1CCCC1. The highest BCUT2D eigenvalue weighted by Crippen LogP contribution is 2.33. The molecular weight excluding hydrogens is 370 g/mol. The molecule has 3 rings (SSSR count). The normalized spacial score (nSPS) is 14.7. The number of aryl methyl sites for hydroxylation is 1. The molecule has 1 amide bonds. The molecule has 0 saturated heterocycles. The van der Waals surface area contributed by atoms with E-state index in [1.165, 1.54) is 31.2 Å². The lowest BCUT2D eigenvalue weighted by Gasteiger charge is -2.17. The van der Waals surface area contributed by atoms with Gasteiger partial charge in [-0.05, 0) is 38.1 Å². The highest BCUT2D eigenvalue weighted by molar-refractivity contribution is 7.98. The fourth-order valence-corrected chi connectivity index (χ4v) is 4.45. The van der Waals surface area contributed by atoms with Crippen LogP contribution >= 0.6 is 11.8 Å². The molecule has 1 heterocycles. The Morgan fingerprint density at radius 2 is 2.00 bits per heavy atom. The van der Waals surface area contributed by atoms with Gasteiger partial charge in [-0.15, -0.1) is 10.2 Å². The molecule has 1 aromatic carbocycles. The van der Waals surface area contributed by atoms with Crippen molar-refractivity contribution < 1.29 is 4.79 Å². The van der Waals surface area contributed by atoms with Crippen LogP contribution in [0.2, 0.25) is 0 Å². The van der Waals surface area contributed by atoms with Crippen LogP contribution in [0.5, 0.6) is 0 Å². The Hall–Kier alpha value is -1.86. The number of carbonyl (C=O) groups is 1. The fraction of sp³-hybridized carbons (Fsp3) is 0.571. The van der Waals surface area contributed by atoms with Crippen molar-refractivity contribution in [2.75, 3.05) is 26.4 Å². The molecule has 0 atom stereocenters. The van der Waals surface area contributed by atoms with Gasteiger partial charge in [0.15, 0.2) is 5.16 Å². The number of rotatable bonds is 10. The van der Waals surface area contributed by atoms with Gasteiger partial charge >= 0.3 is 0 Å². The van der Waals surface area contributed by atoms with Gasteiger partial charge in [0.25, 0.3) is 0 Å². The lowest BCUT2D eigenvalue weighted by Crippen LogP contribution is -2.35. The van der Waals surface area contributed by atoms with Crippen molar-refractivity contribution in [3.8, 4) is 0 Å². The maximum atomic E-state index is 12.2. The predicted octanol–water partition coefficient (Wildman–Crippen LogP) is 3.30. The minimum absolute atomic E-state index is 0.0699. The number of amides is 1. The largest absolute Gasteiger partial charge is 0.355 e. The van der Waals surface area contributed by atoms with Crippen LogP contribution < -0.4 is 5.32 Å². The second-order valence-corrected chi connectivity index (χ2v) is 8.30. The zero-order chi connectivity index (χ0) is 19.8. The molecule has 1 aromatic heterocycles. The van der Waals surface area contributed by atoms with E-state index in [9.17, 15) is 4.79 Å². The summed E-state index contributed by atoms with van der Waals surface area (Å²) in [5.41, 5.74) is 1.22. The van der Waals surface area contributed by atoms with E-state index in [1.54, 1.807) is 11.8 Å². The maximum Gasteiger partial charge on any atom is 0.234 e. The predicted molar refractivity (Wildman–Crippen MR) is 113 cm³/mol. The Morgan fingerprint density at radius 3 is 2.71 bits per heavy atom. The van der Waals surface area contributed by atoms with Crippen molar-refractivity contribution in [2.24, 2.45) is 0 Å². The second kappa shape index (κ2) is 10.6. The summed E-state index contributed by atoms with van der Waals surface area (Å²) in [5.74, 6) is 1.13. The summed E-state index contributed by atoms with van der Waals surface area (Å²) in [6.45, 7) is 1.85. The van der Waals surface area contributed by atoms with Crippen molar-refractivity contribution >= 4 is 17.7 Å². The van der Waals surface area contributed by atoms with Crippen LogP contribution in [-0.2, 0) is 17.8 Å². The molecule has 0 bridgehead atoms. The first-order chi connectivity index (χ1) is 13.7. The summed E-state index contributed by atoms with van der Waals surface area (Å²) in [4.78, 5) is 14.2. The van der Waals surface area contributed by atoms with E-state index >= 15 is 0 Å². The molecule has 28 heavy (non-hydrogen) atoms. The molecule has 0 unspecified atom stereocenters. The topological polar surface area (TPSA) is 63.1 Å². The van der Waals surface area contributed by atoms with E-state index in [0.717, 1.165) is 30.4 Å². The zero-order valence-corrected chi connectivity index (χ0v) is 17.7. The first-order valence-electron chi connectivity index (χ1n) is 10.1. The standard InChI is InChI=1S/C21H31N5OS/c1-25(15-17-9-4-3-5-10-17)16-20(27)22-14-8-13-19-23-24-21(28-2)26(19)18-11-6-7-12-18/h3-5,9-10,18H,6-8,11-16H2,1-2H3,(H,22,27). The van der Waals surface area contributed by atoms with Crippen molar-refractivity contribution in [1.82, 2.24) is 25.0 Å². The summed E-state index contributed by atoms with van der Waals surface area (Å²) in [5, 5.41) is 12.8. The summed E-state index contributed by atoms with van der Waals surface area (Å²) < 4.78 is 2.34. The highest BCUT2D eigenvalue weighted by Gasteiger charge is 2.23. The molecule has 6 nitrogen and oxygen atoms in total. The van der Waals surface area contributed by atoms with Gasteiger partial charge in [-0.25, -0.2) is 0 Å². The number of hydrogen-bond donors (Lipinski definition) is 1. The van der Waals surface area contributed by atoms with E-state index in [0.29, 0.717) is 19.1 Å². The monoisotopic (exact) mass is 401 g/mol. The third kappa shape index (κ3) is 5.82. The summed E-state index contributed by atoms with van der Waals surface area (Å²) in [6.07, 6.45) is 8.83. The second-order valence-electron chi connectivity index (χ2n) is 7.52.